The summed E-state index contributed by atoms with van der Waals surface area (Å²) in [5.41, 5.74) is 1.17. The van der Waals surface area contributed by atoms with Gasteiger partial charge in [-0.05, 0) is 25.2 Å². The molecule has 0 bridgehead atoms. The summed E-state index contributed by atoms with van der Waals surface area (Å²) in [7, 11) is 3.35. The van der Waals surface area contributed by atoms with Crippen LogP contribution in [-0.4, -0.2) is 75.8 Å². The molecule has 1 fully saturated rings. The largest absolute Gasteiger partial charge is 0.453 e. The first-order valence-electron chi connectivity index (χ1n) is 11.8. The van der Waals surface area contributed by atoms with Crippen LogP contribution in [0.2, 0.25) is 0 Å². The molecule has 0 radical (unpaired) electrons. The van der Waals surface area contributed by atoms with Crippen molar-refractivity contribution < 1.29 is 14.3 Å². The van der Waals surface area contributed by atoms with Gasteiger partial charge in [0.1, 0.15) is 16.3 Å². The van der Waals surface area contributed by atoms with Crippen LogP contribution in [0.25, 0.3) is 16.2 Å². The molecule has 1 aliphatic heterocycles. The van der Waals surface area contributed by atoms with Crippen LogP contribution in [0.3, 0.4) is 0 Å². The zero-order valence-corrected chi connectivity index (χ0v) is 21.9. The number of carbonyl (C=O) groups excluding carboxylic acids is 2. The fourth-order valence-electron chi connectivity index (χ4n) is 4.12. The molecule has 0 aliphatic carbocycles. The van der Waals surface area contributed by atoms with Crippen molar-refractivity contribution in [2.24, 2.45) is 5.41 Å². The summed E-state index contributed by atoms with van der Waals surface area (Å²) < 4.78 is 6.48. The number of piperidine rings is 1. The zero-order chi connectivity index (χ0) is 25.3. The molecular formula is C24H33N7O3S. The number of amides is 2. The van der Waals surface area contributed by atoms with Crippen molar-refractivity contribution in [1.29, 1.82) is 0 Å². The van der Waals surface area contributed by atoms with Gasteiger partial charge in [0.05, 0.1) is 18.9 Å². The van der Waals surface area contributed by atoms with E-state index in [1.807, 2.05) is 18.6 Å². The van der Waals surface area contributed by atoms with Gasteiger partial charge in [0, 0.05) is 49.9 Å². The quantitative estimate of drug-likeness (QED) is 0.571. The predicted octanol–water partition coefficient (Wildman–Crippen LogP) is 3.68. The number of aromatic nitrogens is 4. The van der Waals surface area contributed by atoms with E-state index in [0.29, 0.717) is 43.3 Å². The van der Waals surface area contributed by atoms with E-state index in [1.54, 1.807) is 33.0 Å². The van der Waals surface area contributed by atoms with Crippen molar-refractivity contribution in [3.8, 4) is 11.4 Å². The summed E-state index contributed by atoms with van der Waals surface area (Å²) in [5.74, 6) is 1.04. The average molecular weight is 500 g/mol. The molecule has 3 aromatic rings. The summed E-state index contributed by atoms with van der Waals surface area (Å²) in [5, 5.41) is 9.18. The van der Waals surface area contributed by atoms with E-state index in [2.05, 4.69) is 43.0 Å². The normalized spacial score (nSPS) is 15.8. The Hall–Kier alpha value is -3.21. The minimum atomic E-state index is -0.447. The van der Waals surface area contributed by atoms with Crippen LogP contribution in [-0.2, 0) is 4.74 Å². The summed E-state index contributed by atoms with van der Waals surface area (Å²) in [6.07, 6.45) is 4.50. The van der Waals surface area contributed by atoms with Crippen LogP contribution in [0, 0.1) is 5.41 Å². The molecule has 4 heterocycles. The van der Waals surface area contributed by atoms with E-state index in [-0.39, 0.29) is 23.4 Å². The van der Waals surface area contributed by atoms with Crippen LogP contribution >= 0.6 is 11.3 Å². The van der Waals surface area contributed by atoms with Crippen molar-refractivity contribution in [3.05, 3.63) is 29.5 Å². The molecule has 35 heavy (non-hydrogen) atoms. The standard InChI is InChI=1S/C24H33N7O3S/c1-15(24(2,3)4)29(5)19-13-18(21(32)30-9-7-16(8-10-30)26-23(33)34-6)27-20(28-19)17-14-25-31-11-12-35-22(17)31/h11-16H,7-10H2,1-6H3,(H,26,33)/t15-/m1/s1. The number of carbonyl (C=O) groups is 2. The van der Waals surface area contributed by atoms with Gasteiger partial charge >= 0.3 is 6.09 Å². The number of fused-ring (bicyclic) bond motifs is 1. The maximum Gasteiger partial charge on any atom is 0.407 e. The molecule has 1 atom stereocenters. The van der Waals surface area contributed by atoms with Gasteiger partial charge in [0.2, 0.25) is 0 Å². The van der Waals surface area contributed by atoms with E-state index >= 15 is 0 Å². The summed E-state index contributed by atoms with van der Waals surface area (Å²) in [6.45, 7) is 9.75. The van der Waals surface area contributed by atoms with Crippen LogP contribution in [0.1, 0.15) is 51.0 Å². The van der Waals surface area contributed by atoms with Crippen LogP contribution in [0.5, 0.6) is 0 Å². The maximum atomic E-state index is 13.5. The minimum Gasteiger partial charge on any atom is -0.453 e. The maximum absolute atomic E-state index is 13.5. The lowest BCUT2D eigenvalue weighted by molar-refractivity contribution is 0.0698. The van der Waals surface area contributed by atoms with Crippen LogP contribution in [0.4, 0.5) is 10.6 Å². The molecule has 4 rings (SSSR count). The van der Waals surface area contributed by atoms with E-state index < -0.39 is 6.09 Å². The molecule has 1 aliphatic rings. The van der Waals surface area contributed by atoms with E-state index in [1.165, 1.54) is 7.11 Å². The molecule has 10 nitrogen and oxygen atoms in total. The van der Waals surface area contributed by atoms with Gasteiger partial charge in [0.25, 0.3) is 5.91 Å². The van der Waals surface area contributed by atoms with Gasteiger partial charge in [-0.25, -0.2) is 19.3 Å². The van der Waals surface area contributed by atoms with Crippen molar-refractivity contribution in [1.82, 2.24) is 29.8 Å². The van der Waals surface area contributed by atoms with Crippen LogP contribution < -0.4 is 10.2 Å². The Morgan fingerprint density at radius 2 is 1.97 bits per heavy atom. The Labute approximate surface area is 209 Å². The molecule has 1 N–H and O–H groups in total. The number of hydrogen-bond donors (Lipinski definition) is 1. The second-order valence-corrected chi connectivity index (χ2v) is 10.9. The van der Waals surface area contributed by atoms with Gasteiger partial charge in [-0.3, -0.25) is 4.79 Å². The highest BCUT2D eigenvalue weighted by molar-refractivity contribution is 7.16. The molecule has 0 spiro atoms. The summed E-state index contributed by atoms with van der Waals surface area (Å²) >= 11 is 1.56. The second kappa shape index (κ2) is 9.80. The first-order valence-corrected chi connectivity index (χ1v) is 12.6. The highest BCUT2D eigenvalue weighted by Gasteiger charge is 2.29. The highest BCUT2D eigenvalue weighted by atomic mass is 32.1. The molecule has 0 saturated carbocycles. The SMILES string of the molecule is COC(=O)NC1CCN(C(=O)c2cc(N(C)[C@H](C)C(C)(C)C)nc(-c3cnn4ccsc34)n2)CC1. The summed E-state index contributed by atoms with van der Waals surface area (Å²) in [4.78, 5) is 39.5. The molecule has 0 aromatic carbocycles. The lowest BCUT2D eigenvalue weighted by Crippen LogP contribution is -2.46. The number of anilines is 1. The Morgan fingerprint density at radius 3 is 2.63 bits per heavy atom. The molecule has 11 heteroatoms. The lowest BCUT2D eigenvalue weighted by Gasteiger charge is -2.36. The first-order chi connectivity index (χ1) is 16.6. The number of thiazole rings is 1. The third kappa shape index (κ3) is 5.24. The first kappa shape index (κ1) is 24.9. The van der Waals surface area contributed by atoms with Crippen molar-refractivity contribution in [3.63, 3.8) is 0 Å². The van der Waals surface area contributed by atoms with E-state index in [4.69, 9.17) is 14.7 Å². The number of ether oxygens (including phenoxy) is 1. The molecule has 1 saturated heterocycles. The van der Waals surface area contributed by atoms with E-state index in [0.717, 1.165) is 10.4 Å². The smallest absolute Gasteiger partial charge is 0.407 e. The molecule has 188 valence electrons. The molecule has 3 aromatic heterocycles. The zero-order valence-electron chi connectivity index (χ0n) is 21.1. The number of hydrogen-bond acceptors (Lipinski definition) is 8. The van der Waals surface area contributed by atoms with Gasteiger partial charge in [-0.1, -0.05) is 20.8 Å². The topological polar surface area (TPSA) is 105 Å². The average Bonchev–Trinajstić information content (AvgIpc) is 3.46. The highest BCUT2D eigenvalue weighted by Crippen LogP contribution is 2.30. The van der Waals surface area contributed by atoms with Gasteiger partial charge < -0.3 is 19.9 Å². The Bertz CT molecular complexity index is 1210. The lowest BCUT2D eigenvalue weighted by atomic mass is 9.87. The monoisotopic (exact) mass is 499 g/mol. The van der Waals surface area contributed by atoms with E-state index in [9.17, 15) is 9.59 Å². The molecule has 0 unspecified atom stereocenters. The van der Waals surface area contributed by atoms with Crippen molar-refractivity contribution in [2.45, 2.75) is 52.6 Å². The molecule has 2 amide bonds. The van der Waals surface area contributed by atoms with Gasteiger partial charge in [0.15, 0.2) is 5.82 Å². The number of nitrogens with one attached hydrogen (secondary N) is 1. The van der Waals surface area contributed by atoms with Gasteiger partial charge in [-0.2, -0.15) is 5.10 Å². The molecular weight excluding hydrogens is 466 g/mol. The van der Waals surface area contributed by atoms with Crippen molar-refractivity contribution >= 4 is 34.0 Å². The Morgan fingerprint density at radius 1 is 1.26 bits per heavy atom. The predicted molar refractivity (Wildman–Crippen MR) is 136 cm³/mol. The number of nitrogens with zero attached hydrogens (tertiary/aromatic N) is 6. The second-order valence-electron chi connectivity index (χ2n) is 10.0. The fourth-order valence-corrected chi connectivity index (χ4v) is 4.91. The Balaban J connectivity index is 1.65. The third-order valence-corrected chi connectivity index (χ3v) is 7.68. The number of methoxy groups -OCH3 is 1. The third-order valence-electron chi connectivity index (χ3n) is 6.79. The number of alkyl carbamates (subject to hydrolysis) is 1. The minimum absolute atomic E-state index is 0.0112. The summed E-state index contributed by atoms with van der Waals surface area (Å²) in [6, 6.07) is 1.94. The van der Waals surface area contributed by atoms with Crippen LogP contribution in [0.15, 0.2) is 23.8 Å². The number of likely N-dealkylation sites (tertiary alicyclic amines) is 1. The number of rotatable bonds is 5. The van der Waals surface area contributed by atoms with Crippen molar-refractivity contribution in [2.75, 3.05) is 32.1 Å². The fraction of sp³-hybridized carbons (Fsp3) is 0.542. The van der Waals surface area contributed by atoms with Gasteiger partial charge in [-0.15, -0.1) is 11.3 Å². The Kier molecular flexibility index (Phi) is 6.98.